The minimum Gasteiger partial charge on any atom is -0.328 e. The van der Waals surface area contributed by atoms with Crippen LogP contribution in [0.15, 0.2) is 17.1 Å². The van der Waals surface area contributed by atoms with Gasteiger partial charge in [-0.1, -0.05) is 6.92 Å². The average Bonchev–Trinajstić information content (AvgIpc) is 2.17. The number of H-pyrrole nitrogens is 1. The number of nitriles is 1. The van der Waals surface area contributed by atoms with Crippen molar-refractivity contribution in [3.05, 3.63) is 33.7 Å². The van der Waals surface area contributed by atoms with Crippen LogP contribution in [-0.4, -0.2) is 4.98 Å². The van der Waals surface area contributed by atoms with Gasteiger partial charge in [-0.3, -0.25) is 4.79 Å². The fourth-order valence-corrected chi connectivity index (χ4v) is 1.08. The molecule has 1 rings (SSSR count). The summed E-state index contributed by atoms with van der Waals surface area (Å²) in [6.07, 6.45) is 0.674. The maximum atomic E-state index is 13.2. The standard InChI is InChI=1S/C9H8F2N2O/c1-2-9(10,11)7-3-4-13-8(14)6(7)5-12/h3-4H,2H2,1H3,(H,13,14). The van der Waals surface area contributed by atoms with Crippen LogP contribution < -0.4 is 5.56 Å². The molecule has 3 nitrogen and oxygen atoms in total. The zero-order valence-electron chi connectivity index (χ0n) is 7.47. The second-order valence-electron chi connectivity index (χ2n) is 2.77. The van der Waals surface area contributed by atoms with Gasteiger partial charge in [0, 0.05) is 18.2 Å². The van der Waals surface area contributed by atoms with Crippen molar-refractivity contribution < 1.29 is 8.78 Å². The van der Waals surface area contributed by atoms with E-state index in [-0.39, 0.29) is 0 Å². The highest BCUT2D eigenvalue weighted by Crippen LogP contribution is 2.31. The van der Waals surface area contributed by atoms with Crippen molar-refractivity contribution in [2.45, 2.75) is 19.3 Å². The lowest BCUT2D eigenvalue weighted by molar-refractivity contribution is -0.00873. The fraction of sp³-hybridized carbons (Fsp3) is 0.333. The number of hydrogen-bond donors (Lipinski definition) is 1. The van der Waals surface area contributed by atoms with Crippen LogP contribution in [0.1, 0.15) is 24.5 Å². The van der Waals surface area contributed by atoms with Crippen LogP contribution in [0.5, 0.6) is 0 Å². The van der Waals surface area contributed by atoms with Crippen LogP contribution >= 0.6 is 0 Å². The van der Waals surface area contributed by atoms with Crippen LogP contribution in [0.25, 0.3) is 0 Å². The summed E-state index contributed by atoms with van der Waals surface area (Å²) < 4.78 is 26.4. The monoisotopic (exact) mass is 198 g/mol. The summed E-state index contributed by atoms with van der Waals surface area (Å²) in [6, 6.07) is 2.54. The van der Waals surface area contributed by atoms with Gasteiger partial charge in [0.2, 0.25) is 0 Å². The Balaban J connectivity index is 3.44. The maximum Gasteiger partial charge on any atom is 0.274 e. The summed E-state index contributed by atoms with van der Waals surface area (Å²) in [5.41, 5.74) is -1.80. The highest BCUT2D eigenvalue weighted by molar-refractivity contribution is 5.37. The van der Waals surface area contributed by atoms with E-state index in [4.69, 9.17) is 5.26 Å². The van der Waals surface area contributed by atoms with Crippen LogP contribution in [0.3, 0.4) is 0 Å². The minimum absolute atomic E-state index is 0.439. The molecule has 0 aromatic carbocycles. The molecule has 0 bridgehead atoms. The Morgan fingerprint density at radius 2 is 2.29 bits per heavy atom. The van der Waals surface area contributed by atoms with Crippen molar-refractivity contribution in [3.8, 4) is 6.07 Å². The first-order valence-electron chi connectivity index (χ1n) is 4.03. The molecule has 0 atom stereocenters. The lowest BCUT2D eigenvalue weighted by Crippen LogP contribution is -2.20. The van der Waals surface area contributed by atoms with Gasteiger partial charge < -0.3 is 4.98 Å². The molecule has 1 N–H and O–H groups in total. The first-order chi connectivity index (χ1) is 6.53. The molecule has 1 aromatic heterocycles. The zero-order valence-corrected chi connectivity index (χ0v) is 7.47. The van der Waals surface area contributed by atoms with E-state index in [9.17, 15) is 13.6 Å². The number of nitrogens with one attached hydrogen (secondary N) is 1. The average molecular weight is 198 g/mol. The summed E-state index contributed by atoms with van der Waals surface area (Å²) in [4.78, 5) is 13.2. The van der Waals surface area contributed by atoms with Crippen molar-refractivity contribution in [1.82, 2.24) is 4.98 Å². The predicted molar refractivity (Wildman–Crippen MR) is 46.0 cm³/mol. The van der Waals surface area contributed by atoms with Gasteiger partial charge in [0.05, 0.1) is 0 Å². The normalized spacial score (nSPS) is 11.0. The number of hydrogen-bond acceptors (Lipinski definition) is 2. The molecule has 0 saturated heterocycles. The quantitative estimate of drug-likeness (QED) is 0.786. The maximum absolute atomic E-state index is 13.2. The molecule has 0 aliphatic carbocycles. The van der Waals surface area contributed by atoms with Crippen molar-refractivity contribution >= 4 is 0 Å². The van der Waals surface area contributed by atoms with E-state index in [0.717, 1.165) is 12.3 Å². The number of aromatic amines is 1. The van der Waals surface area contributed by atoms with Gasteiger partial charge in [0.25, 0.3) is 11.5 Å². The smallest absolute Gasteiger partial charge is 0.274 e. The number of aromatic nitrogens is 1. The van der Waals surface area contributed by atoms with E-state index in [1.807, 2.05) is 0 Å². The van der Waals surface area contributed by atoms with Gasteiger partial charge in [-0.25, -0.2) is 8.78 Å². The van der Waals surface area contributed by atoms with E-state index in [0.29, 0.717) is 0 Å². The Morgan fingerprint density at radius 1 is 1.64 bits per heavy atom. The molecule has 0 saturated carbocycles. The van der Waals surface area contributed by atoms with Crippen LogP contribution in [0, 0.1) is 11.3 Å². The number of halogens is 2. The molecular formula is C9H8F2N2O. The van der Waals surface area contributed by atoms with Gasteiger partial charge in [-0.15, -0.1) is 0 Å². The predicted octanol–water partition coefficient (Wildman–Crippen LogP) is 1.75. The molecule has 0 fully saturated rings. The molecular weight excluding hydrogens is 190 g/mol. The summed E-state index contributed by atoms with van der Waals surface area (Å²) >= 11 is 0. The van der Waals surface area contributed by atoms with E-state index >= 15 is 0 Å². The van der Waals surface area contributed by atoms with Crippen LogP contribution in [0.4, 0.5) is 8.78 Å². The molecule has 0 amide bonds. The first-order valence-corrected chi connectivity index (χ1v) is 4.03. The molecule has 0 spiro atoms. The summed E-state index contributed by atoms with van der Waals surface area (Å²) in [5.74, 6) is -3.13. The number of rotatable bonds is 2. The number of pyridine rings is 1. The Kier molecular flexibility index (Phi) is 2.65. The summed E-state index contributed by atoms with van der Waals surface area (Å²) in [5, 5.41) is 8.55. The Hall–Kier alpha value is -1.70. The molecule has 0 unspecified atom stereocenters. The minimum atomic E-state index is -3.13. The largest absolute Gasteiger partial charge is 0.328 e. The van der Waals surface area contributed by atoms with E-state index < -0.39 is 29.0 Å². The molecule has 0 aliphatic heterocycles. The lowest BCUT2D eigenvalue weighted by Gasteiger charge is -2.14. The molecule has 1 heterocycles. The summed E-state index contributed by atoms with van der Waals surface area (Å²) in [7, 11) is 0. The third-order valence-corrected chi connectivity index (χ3v) is 1.91. The number of nitrogens with zero attached hydrogens (tertiary/aromatic N) is 1. The Labute approximate surface area is 79.0 Å². The van der Waals surface area contributed by atoms with Gasteiger partial charge >= 0.3 is 0 Å². The van der Waals surface area contributed by atoms with E-state index in [2.05, 4.69) is 4.98 Å². The topological polar surface area (TPSA) is 56.6 Å². The molecule has 14 heavy (non-hydrogen) atoms. The second-order valence-corrected chi connectivity index (χ2v) is 2.77. The lowest BCUT2D eigenvalue weighted by atomic mass is 10.0. The second kappa shape index (κ2) is 3.58. The van der Waals surface area contributed by atoms with Crippen LogP contribution in [-0.2, 0) is 5.92 Å². The summed E-state index contributed by atoms with van der Waals surface area (Å²) in [6.45, 7) is 1.29. The third-order valence-electron chi connectivity index (χ3n) is 1.91. The van der Waals surface area contributed by atoms with E-state index in [1.54, 1.807) is 0 Å². The van der Waals surface area contributed by atoms with Gasteiger partial charge in [-0.2, -0.15) is 5.26 Å². The Bertz CT molecular complexity index is 431. The zero-order chi connectivity index (χ0) is 10.8. The Morgan fingerprint density at radius 3 is 2.79 bits per heavy atom. The van der Waals surface area contributed by atoms with Crippen molar-refractivity contribution in [1.29, 1.82) is 5.26 Å². The van der Waals surface area contributed by atoms with Gasteiger partial charge in [-0.05, 0) is 6.07 Å². The molecule has 1 aromatic rings. The number of alkyl halides is 2. The molecule has 74 valence electrons. The highest BCUT2D eigenvalue weighted by atomic mass is 19.3. The van der Waals surface area contributed by atoms with Gasteiger partial charge in [0.1, 0.15) is 11.6 Å². The fourth-order valence-electron chi connectivity index (χ4n) is 1.08. The van der Waals surface area contributed by atoms with Crippen molar-refractivity contribution in [2.24, 2.45) is 0 Å². The highest BCUT2D eigenvalue weighted by Gasteiger charge is 2.32. The molecule has 5 heteroatoms. The van der Waals surface area contributed by atoms with Crippen molar-refractivity contribution in [2.75, 3.05) is 0 Å². The van der Waals surface area contributed by atoms with Crippen molar-refractivity contribution in [3.63, 3.8) is 0 Å². The SMILES string of the molecule is CCC(F)(F)c1cc[nH]c(=O)c1C#N. The van der Waals surface area contributed by atoms with Gasteiger partial charge in [0.15, 0.2) is 0 Å². The third kappa shape index (κ3) is 1.64. The van der Waals surface area contributed by atoms with Crippen LogP contribution in [0.2, 0.25) is 0 Å². The molecule has 0 aliphatic rings. The van der Waals surface area contributed by atoms with E-state index in [1.165, 1.54) is 13.0 Å². The first kappa shape index (κ1) is 10.4. The molecule has 0 radical (unpaired) electrons.